The number of nitrogens with zero attached hydrogens (tertiary/aromatic N) is 1. The molecule has 0 N–H and O–H groups in total. The van der Waals surface area contributed by atoms with Crippen molar-refractivity contribution < 1.29 is 4.74 Å². The maximum atomic E-state index is 9.34. The highest BCUT2D eigenvalue weighted by atomic mass is 16.5. The largest absolute Gasteiger partial charge is 0.497 e. The molecule has 0 radical (unpaired) electrons. The molecule has 0 aromatic heterocycles. The lowest BCUT2D eigenvalue weighted by atomic mass is 9.95. The normalized spacial score (nSPS) is 10.0. The van der Waals surface area contributed by atoms with Gasteiger partial charge in [0.25, 0.3) is 0 Å². The molecule has 0 heterocycles. The van der Waals surface area contributed by atoms with E-state index in [0.717, 1.165) is 28.0 Å². The fourth-order valence-electron chi connectivity index (χ4n) is 2.46. The minimum atomic E-state index is 0.684. The van der Waals surface area contributed by atoms with Gasteiger partial charge in [0.15, 0.2) is 0 Å². The summed E-state index contributed by atoms with van der Waals surface area (Å²) in [5.41, 5.74) is 4.87. The summed E-state index contributed by atoms with van der Waals surface area (Å²) in [5, 5.41) is 9.34. The van der Waals surface area contributed by atoms with E-state index in [1.165, 1.54) is 0 Å². The second-order valence-corrected chi connectivity index (χ2v) is 4.97. The Labute approximate surface area is 130 Å². The summed E-state index contributed by atoms with van der Waals surface area (Å²) >= 11 is 0. The third kappa shape index (κ3) is 2.70. The summed E-state index contributed by atoms with van der Waals surface area (Å²) in [5.74, 6) is 0.834. The van der Waals surface area contributed by atoms with Crippen LogP contribution in [0.25, 0.3) is 22.3 Å². The van der Waals surface area contributed by atoms with Gasteiger partial charge in [-0.3, -0.25) is 0 Å². The van der Waals surface area contributed by atoms with Gasteiger partial charge in [0.1, 0.15) is 5.75 Å². The molecule has 3 aromatic rings. The molecule has 2 nitrogen and oxygen atoms in total. The van der Waals surface area contributed by atoms with E-state index >= 15 is 0 Å². The summed E-state index contributed by atoms with van der Waals surface area (Å²) in [4.78, 5) is 0. The Balaban J connectivity index is 2.09. The van der Waals surface area contributed by atoms with Gasteiger partial charge in [-0.1, -0.05) is 48.5 Å². The Hall–Kier alpha value is -3.05. The first-order chi connectivity index (χ1) is 10.8. The van der Waals surface area contributed by atoms with Gasteiger partial charge >= 0.3 is 0 Å². The van der Waals surface area contributed by atoms with Crippen LogP contribution in [0.1, 0.15) is 5.56 Å². The molecule has 106 valence electrons. The summed E-state index contributed by atoms with van der Waals surface area (Å²) in [7, 11) is 1.66. The van der Waals surface area contributed by atoms with Gasteiger partial charge in [-0.15, -0.1) is 0 Å². The molecular formula is C20H15NO. The van der Waals surface area contributed by atoms with Crippen LogP contribution in [0.2, 0.25) is 0 Å². The average molecular weight is 285 g/mol. The predicted octanol–water partition coefficient (Wildman–Crippen LogP) is 4.90. The SMILES string of the molecule is COc1ccc(-c2ccc(C#N)c(-c3ccccc3)c2)cc1. The van der Waals surface area contributed by atoms with Crippen LogP contribution in [-0.2, 0) is 0 Å². The van der Waals surface area contributed by atoms with Crippen molar-refractivity contribution in [2.24, 2.45) is 0 Å². The molecular weight excluding hydrogens is 270 g/mol. The Morgan fingerprint density at radius 2 is 1.45 bits per heavy atom. The highest BCUT2D eigenvalue weighted by molar-refractivity contribution is 5.77. The monoisotopic (exact) mass is 285 g/mol. The molecule has 2 heteroatoms. The zero-order chi connectivity index (χ0) is 15.4. The van der Waals surface area contributed by atoms with Crippen LogP contribution in [0.5, 0.6) is 5.75 Å². The minimum Gasteiger partial charge on any atom is -0.497 e. The lowest BCUT2D eigenvalue weighted by molar-refractivity contribution is 0.415. The van der Waals surface area contributed by atoms with E-state index in [9.17, 15) is 5.26 Å². The van der Waals surface area contributed by atoms with E-state index in [1.54, 1.807) is 7.11 Å². The number of hydrogen-bond acceptors (Lipinski definition) is 2. The molecule has 0 fully saturated rings. The van der Waals surface area contributed by atoms with Gasteiger partial charge in [-0.2, -0.15) is 5.26 Å². The molecule has 3 rings (SSSR count). The highest BCUT2D eigenvalue weighted by Gasteiger charge is 2.07. The topological polar surface area (TPSA) is 33.0 Å². The fourth-order valence-corrected chi connectivity index (χ4v) is 2.46. The minimum absolute atomic E-state index is 0.684. The molecule has 0 bridgehead atoms. The van der Waals surface area contributed by atoms with Crippen LogP contribution in [0.15, 0.2) is 72.8 Å². The molecule has 0 aliphatic rings. The quantitative estimate of drug-likeness (QED) is 0.685. The van der Waals surface area contributed by atoms with Crippen LogP contribution < -0.4 is 4.74 Å². The summed E-state index contributed by atoms with van der Waals surface area (Å²) in [6.07, 6.45) is 0. The Kier molecular flexibility index (Phi) is 3.89. The molecule has 0 atom stereocenters. The first-order valence-electron chi connectivity index (χ1n) is 7.06. The smallest absolute Gasteiger partial charge is 0.118 e. The molecule has 0 saturated heterocycles. The van der Waals surface area contributed by atoms with E-state index < -0.39 is 0 Å². The molecule has 0 amide bonds. The van der Waals surface area contributed by atoms with E-state index in [1.807, 2.05) is 66.7 Å². The van der Waals surface area contributed by atoms with Crippen molar-refractivity contribution in [3.63, 3.8) is 0 Å². The van der Waals surface area contributed by atoms with Crippen molar-refractivity contribution in [2.75, 3.05) is 7.11 Å². The third-order valence-corrected chi connectivity index (χ3v) is 3.65. The number of methoxy groups -OCH3 is 1. The Morgan fingerprint density at radius 3 is 2.09 bits per heavy atom. The van der Waals surface area contributed by atoms with Crippen molar-refractivity contribution in [1.82, 2.24) is 0 Å². The number of ether oxygens (including phenoxy) is 1. The number of rotatable bonds is 3. The molecule has 0 spiro atoms. The molecule has 0 aliphatic heterocycles. The first-order valence-corrected chi connectivity index (χ1v) is 7.06. The van der Waals surface area contributed by atoms with E-state index in [-0.39, 0.29) is 0 Å². The van der Waals surface area contributed by atoms with Gasteiger partial charge in [0.2, 0.25) is 0 Å². The second kappa shape index (κ2) is 6.15. The van der Waals surface area contributed by atoms with Crippen LogP contribution in [-0.4, -0.2) is 7.11 Å². The predicted molar refractivity (Wildman–Crippen MR) is 88.6 cm³/mol. The van der Waals surface area contributed by atoms with Crippen molar-refractivity contribution >= 4 is 0 Å². The van der Waals surface area contributed by atoms with Crippen LogP contribution >= 0.6 is 0 Å². The second-order valence-electron chi connectivity index (χ2n) is 4.97. The maximum absolute atomic E-state index is 9.34. The Morgan fingerprint density at radius 1 is 0.773 bits per heavy atom. The van der Waals surface area contributed by atoms with E-state index in [4.69, 9.17) is 4.74 Å². The lowest BCUT2D eigenvalue weighted by Crippen LogP contribution is -1.87. The molecule has 0 unspecified atom stereocenters. The van der Waals surface area contributed by atoms with Crippen LogP contribution in [0.3, 0.4) is 0 Å². The molecule has 0 saturated carbocycles. The number of benzene rings is 3. The third-order valence-electron chi connectivity index (χ3n) is 3.65. The Bertz CT molecular complexity index is 815. The van der Waals surface area contributed by atoms with Crippen molar-refractivity contribution in [1.29, 1.82) is 5.26 Å². The molecule has 3 aromatic carbocycles. The maximum Gasteiger partial charge on any atom is 0.118 e. The van der Waals surface area contributed by atoms with Crippen molar-refractivity contribution in [3.8, 4) is 34.1 Å². The number of hydrogen-bond donors (Lipinski definition) is 0. The molecule has 22 heavy (non-hydrogen) atoms. The lowest BCUT2D eigenvalue weighted by Gasteiger charge is -2.09. The summed E-state index contributed by atoms with van der Waals surface area (Å²) in [6.45, 7) is 0. The fraction of sp³-hybridized carbons (Fsp3) is 0.0500. The summed E-state index contributed by atoms with van der Waals surface area (Å²) < 4.78 is 5.19. The van der Waals surface area contributed by atoms with Gasteiger partial charge in [0, 0.05) is 5.56 Å². The van der Waals surface area contributed by atoms with Crippen molar-refractivity contribution in [2.45, 2.75) is 0 Å². The van der Waals surface area contributed by atoms with Gasteiger partial charge in [-0.05, 0) is 41.0 Å². The van der Waals surface area contributed by atoms with Crippen LogP contribution in [0.4, 0.5) is 0 Å². The standard InChI is InChI=1S/C20H15NO/c1-22-19-11-9-15(10-12-19)17-7-8-18(14-21)20(13-17)16-5-3-2-4-6-16/h2-13H,1H3. The average Bonchev–Trinajstić information content (AvgIpc) is 2.62. The van der Waals surface area contributed by atoms with E-state index in [2.05, 4.69) is 12.1 Å². The number of nitriles is 1. The van der Waals surface area contributed by atoms with E-state index in [0.29, 0.717) is 5.56 Å². The highest BCUT2D eigenvalue weighted by Crippen LogP contribution is 2.30. The van der Waals surface area contributed by atoms with Crippen molar-refractivity contribution in [3.05, 3.63) is 78.4 Å². The van der Waals surface area contributed by atoms with Gasteiger partial charge in [-0.25, -0.2) is 0 Å². The first kappa shape index (κ1) is 13.9. The van der Waals surface area contributed by atoms with Gasteiger partial charge < -0.3 is 4.74 Å². The van der Waals surface area contributed by atoms with Gasteiger partial charge in [0.05, 0.1) is 18.7 Å². The zero-order valence-electron chi connectivity index (χ0n) is 12.3. The summed E-state index contributed by atoms with van der Waals surface area (Å²) in [6, 6.07) is 26.1. The molecule has 0 aliphatic carbocycles. The zero-order valence-corrected chi connectivity index (χ0v) is 12.3. The van der Waals surface area contributed by atoms with Crippen LogP contribution in [0, 0.1) is 11.3 Å².